The zero-order chi connectivity index (χ0) is 11.6. The molecule has 2 rings (SSSR count). The summed E-state index contributed by atoms with van der Waals surface area (Å²) in [5, 5.41) is 6.15. The van der Waals surface area contributed by atoms with Crippen LogP contribution in [0, 0.1) is 5.92 Å². The van der Waals surface area contributed by atoms with Crippen molar-refractivity contribution in [1.82, 2.24) is 14.9 Å². The molecule has 2 unspecified atom stereocenters. The van der Waals surface area contributed by atoms with Crippen LogP contribution in [0.2, 0.25) is 0 Å². The highest BCUT2D eigenvalue weighted by molar-refractivity contribution is 7.89. The molecule has 0 aliphatic carbocycles. The van der Waals surface area contributed by atoms with Crippen molar-refractivity contribution in [2.24, 2.45) is 5.92 Å². The van der Waals surface area contributed by atoms with Crippen molar-refractivity contribution >= 4 is 10.0 Å². The summed E-state index contributed by atoms with van der Waals surface area (Å²) >= 11 is 0. The van der Waals surface area contributed by atoms with E-state index < -0.39 is 10.0 Å². The maximum absolute atomic E-state index is 12.2. The smallest absolute Gasteiger partial charge is 0.218 e. The van der Waals surface area contributed by atoms with Gasteiger partial charge in [0, 0.05) is 26.2 Å². The maximum atomic E-state index is 12.2. The van der Waals surface area contributed by atoms with Crippen LogP contribution in [0.4, 0.5) is 0 Å². The van der Waals surface area contributed by atoms with Gasteiger partial charge in [0.2, 0.25) is 10.0 Å². The molecule has 0 aromatic heterocycles. The van der Waals surface area contributed by atoms with E-state index in [1.807, 2.05) is 0 Å². The average Bonchev–Trinajstić information content (AvgIpc) is 2.70. The van der Waals surface area contributed by atoms with E-state index in [9.17, 15) is 8.42 Å². The van der Waals surface area contributed by atoms with E-state index in [-0.39, 0.29) is 5.25 Å². The fourth-order valence-corrected chi connectivity index (χ4v) is 3.95. The second kappa shape index (κ2) is 5.00. The Kier molecular flexibility index (Phi) is 3.84. The van der Waals surface area contributed by atoms with Crippen LogP contribution in [-0.2, 0) is 10.0 Å². The average molecular weight is 247 g/mol. The predicted octanol–water partition coefficient (Wildman–Crippen LogP) is -0.781. The molecule has 0 bridgehead atoms. The molecular weight excluding hydrogens is 226 g/mol. The minimum absolute atomic E-state index is 0.302. The molecule has 2 atom stereocenters. The van der Waals surface area contributed by atoms with Gasteiger partial charge in [-0.1, -0.05) is 0 Å². The molecule has 0 amide bonds. The monoisotopic (exact) mass is 247 g/mol. The molecule has 0 aromatic rings. The Morgan fingerprint density at radius 3 is 2.69 bits per heavy atom. The Bertz CT molecular complexity index is 325. The van der Waals surface area contributed by atoms with Gasteiger partial charge in [-0.25, -0.2) is 12.7 Å². The summed E-state index contributed by atoms with van der Waals surface area (Å²) in [6.07, 6.45) is 1.09. The summed E-state index contributed by atoms with van der Waals surface area (Å²) in [5.41, 5.74) is 0. The molecule has 2 saturated heterocycles. The highest BCUT2D eigenvalue weighted by Gasteiger charge is 2.32. The molecule has 2 heterocycles. The van der Waals surface area contributed by atoms with Crippen molar-refractivity contribution in [3.8, 4) is 0 Å². The standard InChI is InChI=1S/C10H21N3O2S/c1-9-6-12-4-5-13(16(9,14)15)8-10-2-3-11-7-10/h9-12H,2-8H2,1H3. The Morgan fingerprint density at radius 2 is 2.00 bits per heavy atom. The second-order valence-corrected chi connectivity index (χ2v) is 7.13. The fourth-order valence-electron chi connectivity index (χ4n) is 2.35. The Hall–Kier alpha value is -0.170. The maximum Gasteiger partial charge on any atom is 0.218 e. The van der Waals surface area contributed by atoms with Gasteiger partial charge in [-0.05, 0) is 32.4 Å². The summed E-state index contributed by atoms with van der Waals surface area (Å²) in [6, 6.07) is 0. The van der Waals surface area contributed by atoms with Crippen LogP contribution in [0.1, 0.15) is 13.3 Å². The molecule has 0 spiro atoms. The quantitative estimate of drug-likeness (QED) is 0.672. The highest BCUT2D eigenvalue weighted by atomic mass is 32.2. The third kappa shape index (κ3) is 2.56. The molecule has 6 heteroatoms. The first-order chi connectivity index (χ1) is 7.60. The zero-order valence-electron chi connectivity index (χ0n) is 9.78. The van der Waals surface area contributed by atoms with E-state index in [1.54, 1.807) is 11.2 Å². The molecule has 0 saturated carbocycles. The lowest BCUT2D eigenvalue weighted by Crippen LogP contribution is -2.41. The van der Waals surface area contributed by atoms with Crippen LogP contribution in [0.3, 0.4) is 0 Å². The Balaban J connectivity index is 2.04. The van der Waals surface area contributed by atoms with Crippen LogP contribution in [-0.4, -0.2) is 57.2 Å². The van der Waals surface area contributed by atoms with Gasteiger partial charge in [0.25, 0.3) is 0 Å². The van der Waals surface area contributed by atoms with E-state index in [4.69, 9.17) is 0 Å². The summed E-state index contributed by atoms with van der Waals surface area (Å²) < 4.78 is 26.0. The zero-order valence-corrected chi connectivity index (χ0v) is 10.6. The van der Waals surface area contributed by atoms with Gasteiger partial charge in [-0.3, -0.25) is 0 Å². The van der Waals surface area contributed by atoms with Crippen molar-refractivity contribution < 1.29 is 8.42 Å². The molecule has 2 aliphatic rings. The number of hydrogen-bond acceptors (Lipinski definition) is 4. The lowest BCUT2D eigenvalue weighted by Gasteiger charge is -2.24. The van der Waals surface area contributed by atoms with Gasteiger partial charge in [0.1, 0.15) is 0 Å². The first-order valence-corrected chi connectivity index (χ1v) is 7.51. The number of nitrogens with one attached hydrogen (secondary N) is 2. The first kappa shape index (κ1) is 12.3. The molecule has 2 N–H and O–H groups in total. The van der Waals surface area contributed by atoms with Crippen molar-refractivity contribution in [3.63, 3.8) is 0 Å². The lowest BCUT2D eigenvalue weighted by molar-refractivity contribution is 0.359. The predicted molar refractivity (Wildman–Crippen MR) is 63.8 cm³/mol. The van der Waals surface area contributed by atoms with E-state index in [0.717, 1.165) is 26.1 Å². The Morgan fingerprint density at radius 1 is 1.25 bits per heavy atom. The van der Waals surface area contributed by atoms with Gasteiger partial charge < -0.3 is 10.6 Å². The molecule has 2 fully saturated rings. The van der Waals surface area contributed by atoms with Crippen LogP contribution in [0.25, 0.3) is 0 Å². The minimum Gasteiger partial charge on any atom is -0.316 e. The van der Waals surface area contributed by atoms with Gasteiger partial charge in [-0.2, -0.15) is 0 Å². The van der Waals surface area contributed by atoms with Gasteiger partial charge in [-0.15, -0.1) is 0 Å². The normalized spacial score (nSPS) is 36.1. The second-order valence-electron chi connectivity index (χ2n) is 4.78. The van der Waals surface area contributed by atoms with Crippen molar-refractivity contribution in [3.05, 3.63) is 0 Å². The van der Waals surface area contributed by atoms with Crippen LogP contribution in [0.5, 0.6) is 0 Å². The number of hydrogen-bond donors (Lipinski definition) is 2. The summed E-state index contributed by atoms with van der Waals surface area (Å²) in [4.78, 5) is 0. The van der Waals surface area contributed by atoms with E-state index in [1.165, 1.54) is 0 Å². The van der Waals surface area contributed by atoms with Crippen molar-refractivity contribution in [1.29, 1.82) is 0 Å². The molecule has 0 aromatic carbocycles. The molecule has 16 heavy (non-hydrogen) atoms. The first-order valence-electron chi connectivity index (χ1n) is 6.01. The largest absolute Gasteiger partial charge is 0.316 e. The summed E-state index contributed by atoms with van der Waals surface area (Å²) in [5.74, 6) is 0.486. The Labute approximate surface area is 97.6 Å². The van der Waals surface area contributed by atoms with E-state index >= 15 is 0 Å². The minimum atomic E-state index is -3.08. The van der Waals surface area contributed by atoms with E-state index in [0.29, 0.717) is 25.6 Å². The number of rotatable bonds is 2. The summed E-state index contributed by atoms with van der Waals surface area (Å²) in [7, 11) is -3.08. The lowest BCUT2D eigenvalue weighted by atomic mass is 10.1. The number of sulfonamides is 1. The van der Waals surface area contributed by atoms with E-state index in [2.05, 4.69) is 10.6 Å². The fraction of sp³-hybridized carbons (Fsp3) is 1.00. The SMILES string of the molecule is CC1CNCCN(CC2CCNC2)S1(=O)=O. The van der Waals surface area contributed by atoms with Gasteiger partial charge in [0.15, 0.2) is 0 Å². The van der Waals surface area contributed by atoms with Gasteiger partial charge in [0.05, 0.1) is 5.25 Å². The van der Waals surface area contributed by atoms with Gasteiger partial charge >= 0.3 is 0 Å². The summed E-state index contributed by atoms with van der Waals surface area (Å²) in [6.45, 7) is 6.39. The molecular formula is C10H21N3O2S. The number of nitrogens with zero attached hydrogens (tertiary/aromatic N) is 1. The third-order valence-corrected chi connectivity index (χ3v) is 5.70. The molecule has 0 radical (unpaired) electrons. The van der Waals surface area contributed by atoms with Crippen LogP contribution < -0.4 is 10.6 Å². The highest BCUT2D eigenvalue weighted by Crippen LogP contribution is 2.16. The molecule has 2 aliphatic heterocycles. The van der Waals surface area contributed by atoms with Crippen LogP contribution in [0.15, 0.2) is 0 Å². The van der Waals surface area contributed by atoms with Crippen molar-refractivity contribution in [2.75, 3.05) is 39.3 Å². The molecule has 5 nitrogen and oxygen atoms in total. The van der Waals surface area contributed by atoms with Crippen LogP contribution >= 0.6 is 0 Å². The third-order valence-electron chi connectivity index (χ3n) is 3.46. The topological polar surface area (TPSA) is 61.4 Å². The molecule has 94 valence electrons. The van der Waals surface area contributed by atoms with Crippen molar-refractivity contribution in [2.45, 2.75) is 18.6 Å².